The van der Waals surface area contributed by atoms with Crippen LogP contribution in [0.25, 0.3) is 0 Å². The van der Waals surface area contributed by atoms with Gasteiger partial charge in [0.1, 0.15) is 0 Å². The first kappa shape index (κ1) is 17.3. The van der Waals surface area contributed by atoms with Crippen molar-refractivity contribution in [1.29, 1.82) is 0 Å². The van der Waals surface area contributed by atoms with Crippen LogP contribution in [0.1, 0.15) is 39.0 Å². The maximum atomic E-state index is 12.9. The van der Waals surface area contributed by atoms with Crippen LogP contribution in [0.15, 0.2) is 0 Å². The third-order valence-electron chi connectivity index (χ3n) is 2.41. The minimum absolute atomic E-state index is 0.348. The fraction of sp³-hybridized carbons (Fsp3) is 1.00. The van der Waals surface area contributed by atoms with Crippen molar-refractivity contribution in [3.05, 3.63) is 0 Å². The molecule has 0 saturated carbocycles. The van der Waals surface area contributed by atoms with E-state index in [1.807, 2.05) is 0 Å². The Morgan fingerprint density at radius 2 is 1.76 bits per heavy atom. The molecule has 0 aromatic rings. The summed E-state index contributed by atoms with van der Waals surface area (Å²) in [4.78, 5) is 0. The molecule has 0 bridgehead atoms. The van der Waals surface area contributed by atoms with Gasteiger partial charge < -0.3 is 0 Å². The monoisotopic (exact) mass is 362 g/mol. The van der Waals surface area contributed by atoms with Crippen molar-refractivity contribution in [2.24, 2.45) is 0 Å². The van der Waals surface area contributed by atoms with Gasteiger partial charge in [0, 0.05) is 0 Å². The molecule has 0 aliphatic carbocycles. The predicted molar refractivity (Wildman–Crippen MR) is 61.7 cm³/mol. The van der Waals surface area contributed by atoms with E-state index in [0.29, 0.717) is 6.61 Å². The van der Waals surface area contributed by atoms with Crippen molar-refractivity contribution in [1.82, 2.24) is 0 Å². The van der Waals surface area contributed by atoms with E-state index >= 15 is 0 Å². The van der Waals surface area contributed by atoms with Crippen LogP contribution in [0.4, 0.5) is 13.2 Å². The summed E-state index contributed by atoms with van der Waals surface area (Å²) in [5.41, 5.74) is 0. The SMILES string of the molecule is CCCCCCC[O][Sn](=[O])[CH2]C(F)C(F)CF. The van der Waals surface area contributed by atoms with E-state index in [9.17, 15) is 16.2 Å². The second-order valence-electron chi connectivity index (χ2n) is 4.03. The van der Waals surface area contributed by atoms with Crippen LogP contribution in [0.5, 0.6) is 0 Å². The van der Waals surface area contributed by atoms with Crippen LogP contribution in [-0.2, 0) is 6.15 Å². The number of alkyl halides is 3. The molecule has 2 unspecified atom stereocenters. The molecule has 17 heavy (non-hydrogen) atoms. The Kier molecular flexibility index (Phi) is 11.7. The fourth-order valence-electron chi connectivity index (χ4n) is 1.33. The van der Waals surface area contributed by atoms with Crippen LogP contribution in [0.3, 0.4) is 0 Å². The topological polar surface area (TPSA) is 26.3 Å². The van der Waals surface area contributed by atoms with Crippen LogP contribution >= 0.6 is 0 Å². The average Bonchev–Trinajstić information content (AvgIpc) is 2.32. The van der Waals surface area contributed by atoms with Crippen molar-refractivity contribution < 1.29 is 19.3 Å². The summed E-state index contributed by atoms with van der Waals surface area (Å²) in [7, 11) is 0. The van der Waals surface area contributed by atoms with Gasteiger partial charge in [-0.1, -0.05) is 0 Å². The Morgan fingerprint density at radius 1 is 1.12 bits per heavy atom. The van der Waals surface area contributed by atoms with E-state index in [4.69, 9.17) is 3.07 Å². The molecule has 0 N–H and O–H groups in total. The molecule has 6 heteroatoms. The summed E-state index contributed by atoms with van der Waals surface area (Å²) in [5, 5.41) is 0. The first-order valence-corrected chi connectivity index (χ1v) is 10.5. The average molecular weight is 361 g/mol. The predicted octanol–water partition coefficient (Wildman–Crippen LogP) is 3.54. The van der Waals surface area contributed by atoms with Crippen molar-refractivity contribution in [2.75, 3.05) is 13.3 Å². The Hall–Kier alpha value is 0.349. The van der Waals surface area contributed by atoms with E-state index in [1.165, 1.54) is 0 Å². The van der Waals surface area contributed by atoms with Gasteiger partial charge in [-0.15, -0.1) is 0 Å². The van der Waals surface area contributed by atoms with Crippen molar-refractivity contribution in [3.8, 4) is 0 Å². The van der Waals surface area contributed by atoms with Crippen LogP contribution in [-0.4, -0.2) is 45.8 Å². The Balaban J connectivity index is 3.46. The normalized spacial score (nSPS) is 14.6. The summed E-state index contributed by atoms with van der Waals surface area (Å²) < 4.78 is 53.0. The van der Waals surface area contributed by atoms with Gasteiger partial charge in [0.15, 0.2) is 0 Å². The summed E-state index contributed by atoms with van der Waals surface area (Å²) in [6.07, 6.45) is 1.08. The molecule has 2 nitrogen and oxygen atoms in total. The van der Waals surface area contributed by atoms with Crippen molar-refractivity contribution in [3.63, 3.8) is 0 Å². The van der Waals surface area contributed by atoms with Gasteiger partial charge in [0.2, 0.25) is 0 Å². The van der Waals surface area contributed by atoms with Crippen molar-refractivity contribution >= 4 is 20.2 Å². The van der Waals surface area contributed by atoms with Gasteiger partial charge in [-0.05, 0) is 0 Å². The zero-order valence-electron chi connectivity index (χ0n) is 10.3. The number of halogens is 3. The van der Waals surface area contributed by atoms with Crippen LogP contribution in [0, 0.1) is 0 Å². The summed E-state index contributed by atoms with van der Waals surface area (Å²) >= 11 is -3.47. The number of unbranched alkanes of at least 4 members (excludes halogenated alkanes) is 4. The quantitative estimate of drug-likeness (QED) is 0.416. The zero-order valence-corrected chi connectivity index (χ0v) is 13.1. The summed E-state index contributed by atoms with van der Waals surface area (Å²) in [5.74, 6) is 0. The third kappa shape index (κ3) is 10.00. The molecule has 0 aliphatic heterocycles. The van der Waals surface area contributed by atoms with Crippen LogP contribution in [0.2, 0.25) is 4.44 Å². The van der Waals surface area contributed by atoms with E-state index < -0.39 is 43.6 Å². The molecule has 0 aromatic carbocycles. The number of hydrogen-bond donors (Lipinski definition) is 0. The van der Waals surface area contributed by atoms with Gasteiger partial charge in [0.05, 0.1) is 0 Å². The molecule has 0 saturated heterocycles. The molecule has 0 fully saturated rings. The molecule has 102 valence electrons. The second-order valence-corrected chi connectivity index (χ2v) is 8.14. The Bertz CT molecular complexity index is 205. The summed E-state index contributed by atoms with van der Waals surface area (Å²) in [6.45, 7) is 1.09. The van der Waals surface area contributed by atoms with E-state index in [2.05, 4.69) is 6.92 Å². The fourth-order valence-corrected chi connectivity index (χ4v) is 4.37. The molecule has 0 aromatic heterocycles. The Labute approximate surface area is 109 Å². The molecule has 0 aliphatic rings. The molecular weight excluding hydrogens is 340 g/mol. The van der Waals surface area contributed by atoms with Gasteiger partial charge in [-0.2, -0.15) is 0 Å². The van der Waals surface area contributed by atoms with Gasteiger partial charge in [-0.25, -0.2) is 0 Å². The molecule has 0 amide bonds. The summed E-state index contributed by atoms with van der Waals surface area (Å²) in [6, 6.07) is 0. The van der Waals surface area contributed by atoms with Crippen molar-refractivity contribution in [2.45, 2.75) is 55.8 Å². The Morgan fingerprint density at radius 3 is 2.35 bits per heavy atom. The number of rotatable bonds is 11. The van der Waals surface area contributed by atoms with Gasteiger partial charge >= 0.3 is 109 Å². The molecular formula is C11H21F3O2Sn. The first-order valence-electron chi connectivity index (χ1n) is 6.11. The second kappa shape index (κ2) is 11.4. The van der Waals surface area contributed by atoms with E-state index in [0.717, 1.165) is 32.1 Å². The molecule has 0 rings (SSSR count). The molecule has 0 heterocycles. The zero-order chi connectivity index (χ0) is 13.1. The molecule has 2 atom stereocenters. The molecule has 0 radical (unpaired) electrons. The maximum absolute atomic E-state index is 12.9. The van der Waals surface area contributed by atoms with Gasteiger partial charge in [0.25, 0.3) is 0 Å². The number of hydrogen-bond acceptors (Lipinski definition) is 2. The van der Waals surface area contributed by atoms with Gasteiger partial charge in [-0.3, -0.25) is 0 Å². The standard InChI is InChI=1S/C7H15O.C4H6F3.O.Sn/c1-2-3-4-5-6-7-8;1-3(6)4(7)2-5;;/h2-7H2,1H3;3-4H,1-2H2;;/q-1;;;+1. The first-order chi connectivity index (χ1) is 8.11. The third-order valence-corrected chi connectivity index (χ3v) is 5.98. The molecule has 0 spiro atoms. The van der Waals surface area contributed by atoms with E-state index in [-0.39, 0.29) is 0 Å². The minimum atomic E-state index is -3.47. The van der Waals surface area contributed by atoms with E-state index in [1.54, 1.807) is 0 Å². The van der Waals surface area contributed by atoms with Crippen LogP contribution < -0.4 is 0 Å².